The Morgan fingerprint density at radius 2 is 2.00 bits per heavy atom. The van der Waals surface area contributed by atoms with Crippen LogP contribution in [0.4, 0.5) is 0 Å². The average molecular weight is 233 g/mol. The molecule has 0 aliphatic heterocycles. The Morgan fingerprint density at radius 1 is 1.29 bits per heavy atom. The number of hydrogen-bond acceptors (Lipinski definition) is 1. The zero-order chi connectivity index (χ0) is 10.6. The van der Waals surface area contributed by atoms with Crippen LogP contribution in [-0.2, 0) is 6.42 Å². The summed E-state index contributed by atoms with van der Waals surface area (Å²) < 4.78 is 0. The maximum atomic E-state index is 9.38. The Kier molecular flexibility index (Phi) is 4.73. The summed E-state index contributed by atoms with van der Waals surface area (Å²) in [4.78, 5) is 0. The van der Waals surface area contributed by atoms with Crippen LogP contribution < -0.4 is 0 Å². The predicted molar refractivity (Wildman–Crippen MR) is 61.1 cm³/mol. The minimum absolute atomic E-state index is 0.218. The highest BCUT2D eigenvalue weighted by molar-refractivity contribution is 6.42. The van der Waals surface area contributed by atoms with Gasteiger partial charge in [-0.25, -0.2) is 0 Å². The second-order valence-corrected chi connectivity index (χ2v) is 4.16. The molecule has 3 heteroatoms. The number of hydrogen-bond donors (Lipinski definition) is 1. The van der Waals surface area contributed by atoms with E-state index in [2.05, 4.69) is 0 Å². The quantitative estimate of drug-likeness (QED) is 0.840. The second-order valence-electron chi connectivity index (χ2n) is 3.35. The summed E-state index contributed by atoms with van der Waals surface area (Å²) in [6, 6.07) is 5.58. The minimum Gasteiger partial charge on any atom is -0.393 e. The van der Waals surface area contributed by atoms with Crippen molar-refractivity contribution < 1.29 is 5.11 Å². The molecule has 0 saturated carbocycles. The zero-order valence-corrected chi connectivity index (χ0v) is 9.65. The Hall–Kier alpha value is -0.240. The summed E-state index contributed by atoms with van der Waals surface area (Å²) in [5.74, 6) is 0. The molecule has 78 valence electrons. The fourth-order valence-corrected chi connectivity index (χ4v) is 1.55. The molecule has 14 heavy (non-hydrogen) atoms. The molecule has 0 aliphatic rings. The largest absolute Gasteiger partial charge is 0.393 e. The van der Waals surface area contributed by atoms with Crippen molar-refractivity contribution in [3.63, 3.8) is 0 Å². The molecule has 0 radical (unpaired) electrons. The van der Waals surface area contributed by atoms with Crippen LogP contribution in [0.1, 0.15) is 25.3 Å². The molecule has 1 nitrogen and oxygen atoms in total. The molecule has 0 fully saturated rings. The second kappa shape index (κ2) is 5.59. The summed E-state index contributed by atoms with van der Waals surface area (Å²) in [5.41, 5.74) is 1.12. The molecule has 0 amide bonds. The number of halogens is 2. The van der Waals surface area contributed by atoms with Crippen LogP contribution in [0.15, 0.2) is 18.2 Å². The van der Waals surface area contributed by atoms with E-state index in [0.717, 1.165) is 24.8 Å². The Morgan fingerprint density at radius 3 is 2.57 bits per heavy atom. The van der Waals surface area contributed by atoms with Crippen molar-refractivity contribution in [1.29, 1.82) is 0 Å². The van der Waals surface area contributed by atoms with E-state index in [1.807, 2.05) is 19.1 Å². The minimum atomic E-state index is -0.218. The average Bonchev–Trinajstić information content (AvgIpc) is 2.19. The molecular weight excluding hydrogens is 219 g/mol. The van der Waals surface area contributed by atoms with Gasteiger partial charge >= 0.3 is 0 Å². The smallest absolute Gasteiger partial charge is 0.0595 e. The summed E-state index contributed by atoms with van der Waals surface area (Å²) in [6.45, 7) is 1.97. The first-order chi connectivity index (χ1) is 6.63. The number of aliphatic hydroxyl groups excluding tert-OH is 1. The summed E-state index contributed by atoms with van der Waals surface area (Å²) in [6.07, 6.45) is 2.19. The fourth-order valence-electron chi connectivity index (χ4n) is 1.23. The van der Waals surface area contributed by atoms with Gasteiger partial charge in [0.1, 0.15) is 0 Å². The van der Waals surface area contributed by atoms with E-state index in [-0.39, 0.29) is 6.10 Å². The molecule has 0 aromatic heterocycles. The van der Waals surface area contributed by atoms with E-state index in [0.29, 0.717) is 10.0 Å². The van der Waals surface area contributed by atoms with E-state index in [4.69, 9.17) is 23.2 Å². The Labute approximate surface area is 94.7 Å². The van der Waals surface area contributed by atoms with Crippen molar-refractivity contribution in [3.8, 4) is 0 Å². The van der Waals surface area contributed by atoms with Crippen molar-refractivity contribution in [3.05, 3.63) is 33.8 Å². The van der Waals surface area contributed by atoms with Crippen LogP contribution in [0.25, 0.3) is 0 Å². The molecule has 0 heterocycles. The van der Waals surface area contributed by atoms with Crippen LogP contribution >= 0.6 is 23.2 Å². The maximum Gasteiger partial charge on any atom is 0.0595 e. The molecule has 0 saturated heterocycles. The topological polar surface area (TPSA) is 20.2 Å². The lowest BCUT2D eigenvalue weighted by Gasteiger charge is -2.07. The van der Waals surface area contributed by atoms with Gasteiger partial charge in [0.15, 0.2) is 0 Å². The number of aliphatic hydroxyl groups is 1. The van der Waals surface area contributed by atoms with Gasteiger partial charge in [0.05, 0.1) is 16.1 Å². The third kappa shape index (κ3) is 3.49. The van der Waals surface area contributed by atoms with Gasteiger partial charge in [-0.05, 0) is 37.0 Å². The van der Waals surface area contributed by atoms with Gasteiger partial charge in [-0.3, -0.25) is 0 Å². The lowest BCUT2D eigenvalue weighted by atomic mass is 10.1. The van der Waals surface area contributed by atoms with Gasteiger partial charge in [-0.1, -0.05) is 36.2 Å². The molecule has 1 atom stereocenters. The summed E-state index contributed by atoms with van der Waals surface area (Å²) in [7, 11) is 0. The van der Waals surface area contributed by atoms with Crippen molar-refractivity contribution >= 4 is 23.2 Å². The molecule has 1 aromatic carbocycles. The predicted octanol–water partition coefficient (Wildman–Crippen LogP) is 3.70. The molecular formula is C11H14Cl2O. The van der Waals surface area contributed by atoms with E-state index in [1.54, 1.807) is 6.07 Å². The van der Waals surface area contributed by atoms with Crippen LogP contribution in [0, 0.1) is 0 Å². The lowest BCUT2D eigenvalue weighted by Crippen LogP contribution is -2.05. The molecule has 1 aromatic rings. The van der Waals surface area contributed by atoms with Gasteiger partial charge in [0, 0.05) is 0 Å². The number of aryl methyl sites for hydroxylation is 1. The van der Waals surface area contributed by atoms with Gasteiger partial charge in [0.25, 0.3) is 0 Å². The number of benzene rings is 1. The van der Waals surface area contributed by atoms with Crippen LogP contribution in [-0.4, -0.2) is 11.2 Å². The number of rotatable bonds is 4. The van der Waals surface area contributed by atoms with Crippen molar-refractivity contribution in [2.45, 2.75) is 32.3 Å². The summed E-state index contributed by atoms with van der Waals surface area (Å²) in [5, 5.41) is 10.5. The molecule has 0 aliphatic carbocycles. The molecule has 1 rings (SSSR count). The highest BCUT2D eigenvalue weighted by atomic mass is 35.5. The van der Waals surface area contributed by atoms with E-state index in [1.165, 1.54) is 0 Å². The van der Waals surface area contributed by atoms with Crippen LogP contribution in [0.3, 0.4) is 0 Å². The van der Waals surface area contributed by atoms with E-state index >= 15 is 0 Å². The van der Waals surface area contributed by atoms with Gasteiger partial charge < -0.3 is 5.11 Å². The normalized spacial score (nSPS) is 12.9. The van der Waals surface area contributed by atoms with Crippen molar-refractivity contribution in [2.75, 3.05) is 0 Å². The fraction of sp³-hybridized carbons (Fsp3) is 0.455. The van der Waals surface area contributed by atoms with E-state index < -0.39 is 0 Å². The monoisotopic (exact) mass is 232 g/mol. The summed E-state index contributed by atoms with van der Waals surface area (Å²) >= 11 is 11.7. The van der Waals surface area contributed by atoms with E-state index in [9.17, 15) is 5.11 Å². The third-order valence-electron chi connectivity index (χ3n) is 2.22. The lowest BCUT2D eigenvalue weighted by molar-refractivity contribution is 0.160. The molecule has 1 unspecified atom stereocenters. The highest BCUT2D eigenvalue weighted by Crippen LogP contribution is 2.23. The van der Waals surface area contributed by atoms with Crippen LogP contribution in [0.2, 0.25) is 10.0 Å². The Balaban J connectivity index is 2.55. The first-order valence-electron chi connectivity index (χ1n) is 4.75. The van der Waals surface area contributed by atoms with Crippen molar-refractivity contribution in [1.82, 2.24) is 0 Å². The standard InChI is InChI=1S/C11H14Cl2O/c1-2-9(14)5-3-8-4-6-10(12)11(13)7-8/h4,6-7,9,14H,2-3,5H2,1H3. The van der Waals surface area contributed by atoms with Crippen molar-refractivity contribution in [2.24, 2.45) is 0 Å². The van der Waals surface area contributed by atoms with Gasteiger partial charge in [-0.15, -0.1) is 0 Å². The zero-order valence-electron chi connectivity index (χ0n) is 8.13. The molecule has 1 N–H and O–H groups in total. The van der Waals surface area contributed by atoms with Gasteiger partial charge in [0.2, 0.25) is 0 Å². The maximum absolute atomic E-state index is 9.38. The van der Waals surface area contributed by atoms with Gasteiger partial charge in [-0.2, -0.15) is 0 Å². The Bertz CT molecular complexity index is 299. The first-order valence-corrected chi connectivity index (χ1v) is 5.51. The first kappa shape index (κ1) is 11.8. The third-order valence-corrected chi connectivity index (χ3v) is 2.96. The highest BCUT2D eigenvalue weighted by Gasteiger charge is 2.03. The van der Waals surface area contributed by atoms with Crippen LogP contribution in [0.5, 0.6) is 0 Å². The molecule has 0 bridgehead atoms. The molecule has 0 spiro atoms. The SMILES string of the molecule is CCC(O)CCc1ccc(Cl)c(Cl)c1.